The molecule has 0 fully saturated rings. The Hall–Kier alpha value is -1.09. The molecule has 0 N–H and O–H groups in total. The summed E-state index contributed by atoms with van der Waals surface area (Å²) in [5.41, 5.74) is 3.59. The number of fused-ring (bicyclic) bond motifs is 1. The molecule has 1 aliphatic carbocycles. The van der Waals surface area contributed by atoms with Crippen LogP contribution in [0.4, 0.5) is 0 Å². The Morgan fingerprint density at radius 1 is 1.47 bits per heavy atom. The van der Waals surface area contributed by atoms with Gasteiger partial charge in [0.15, 0.2) is 0 Å². The molecule has 1 aromatic rings. The first-order valence-corrected chi connectivity index (χ1v) is 6.66. The molecule has 1 aliphatic rings. The summed E-state index contributed by atoms with van der Waals surface area (Å²) in [6, 6.07) is 6.22. The summed E-state index contributed by atoms with van der Waals surface area (Å²) in [4.78, 5) is 11.5. The number of benzene rings is 1. The Morgan fingerprint density at radius 2 is 2.29 bits per heavy atom. The van der Waals surface area contributed by atoms with E-state index >= 15 is 0 Å². The average molecular weight is 295 g/mol. The molecule has 2 nitrogen and oxygen atoms in total. The number of allylic oxidation sites excluding steroid dienone is 1. The summed E-state index contributed by atoms with van der Waals surface area (Å²) in [6.07, 6.45) is 4.76. The van der Waals surface area contributed by atoms with Gasteiger partial charge < -0.3 is 4.74 Å². The van der Waals surface area contributed by atoms with Gasteiger partial charge in [0.05, 0.1) is 6.61 Å². The van der Waals surface area contributed by atoms with Gasteiger partial charge in [0.2, 0.25) is 0 Å². The highest BCUT2D eigenvalue weighted by atomic mass is 79.9. The van der Waals surface area contributed by atoms with E-state index in [4.69, 9.17) is 4.74 Å². The van der Waals surface area contributed by atoms with E-state index < -0.39 is 0 Å². The smallest absolute Gasteiger partial charge is 0.331 e. The van der Waals surface area contributed by atoms with Gasteiger partial charge in [-0.15, -0.1) is 0 Å². The van der Waals surface area contributed by atoms with Crippen molar-refractivity contribution in [3.63, 3.8) is 0 Å². The van der Waals surface area contributed by atoms with Gasteiger partial charge in [0.25, 0.3) is 0 Å². The summed E-state index contributed by atoms with van der Waals surface area (Å²) in [7, 11) is 0. The summed E-state index contributed by atoms with van der Waals surface area (Å²) >= 11 is 3.47. The standard InChI is InChI=1S/C14H15BrO2/c1-2-17-14(16)9-11-5-3-4-10-8-12(15)6-7-13(10)11/h6-9H,2-5H2,1H3/b11-9-. The quantitative estimate of drug-likeness (QED) is 0.614. The highest BCUT2D eigenvalue weighted by molar-refractivity contribution is 9.10. The number of hydrogen-bond donors (Lipinski definition) is 0. The van der Waals surface area contributed by atoms with E-state index in [0.717, 1.165) is 29.3 Å². The van der Waals surface area contributed by atoms with E-state index in [0.29, 0.717) is 6.61 Å². The topological polar surface area (TPSA) is 26.3 Å². The maximum Gasteiger partial charge on any atom is 0.331 e. The molecule has 0 spiro atoms. The lowest BCUT2D eigenvalue weighted by molar-refractivity contribution is -0.137. The summed E-state index contributed by atoms with van der Waals surface area (Å²) in [6.45, 7) is 2.25. The SMILES string of the molecule is CCOC(=O)/C=C1/CCCc2cc(Br)ccc21. The molecule has 17 heavy (non-hydrogen) atoms. The Morgan fingerprint density at radius 3 is 3.06 bits per heavy atom. The highest BCUT2D eigenvalue weighted by Gasteiger charge is 2.15. The second-order valence-electron chi connectivity index (χ2n) is 4.08. The van der Waals surface area contributed by atoms with Crippen LogP contribution in [-0.4, -0.2) is 12.6 Å². The number of aryl methyl sites for hydroxylation is 1. The van der Waals surface area contributed by atoms with Crippen molar-refractivity contribution in [2.24, 2.45) is 0 Å². The van der Waals surface area contributed by atoms with Crippen LogP contribution in [0.15, 0.2) is 28.7 Å². The van der Waals surface area contributed by atoms with Crippen molar-refractivity contribution >= 4 is 27.5 Å². The molecule has 0 aliphatic heterocycles. The first-order chi connectivity index (χ1) is 8.20. The van der Waals surface area contributed by atoms with Gasteiger partial charge in [-0.2, -0.15) is 0 Å². The Kier molecular flexibility index (Phi) is 4.00. The Balaban J connectivity index is 2.31. The van der Waals surface area contributed by atoms with Gasteiger partial charge in [-0.25, -0.2) is 4.79 Å². The summed E-state index contributed by atoms with van der Waals surface area (Å²) in [5, 5.41) is 0. The van der Waals surface area contributed by atoms with Gasteiger partial charge in [0.1, 0.15) is 0 Å². The van der Waals surface area contributed by atoms with E-state index in [1.807, 2.05) is 13.0 Å². The van der Waals surface area contributed by atoms with E-state index in [-0.39, 0.29) is 5.97 Å². The molecule has 0 bridgehead atoms. The van der Waals surface area contributed by atoms with E-state index in [9.17, 15) is 4.79 Å². The van der Waals surface area contributed by atoms with Gasteiger partial charge >= 0.3 is 5.97 Å². The molecule has 0 amide bonds. The lowest BCUT2D eigenvalue weighted by Crippen LogP contribution is -2.06. The van der Waals surface area contributed by atoms with Crippen molar-refractivity contribution in [3.8, 4) is 0 Å². The maximum absolute atomic E-state index is 11.5. The van der Waals surface area contributed by atoms with Gasteiger partial charge in [-0.1, -0.05) is 22.0 Å². The van der Waals surface area contributed by atoms with Crippen LogP contribution in [0.3, 0.4) is 0 Å². The third kappa shape index (κ3) is 2.97. The van der Waals surface area contributed by atoms with Crippen LogP contribution in [-0.2, 0) is 16.0 Å². The summed E-state index contributed by atoms with van der Waals surface area (Å²) < 4.78 is 6.05. The fourth-order valence-corrected chi connectivity index (χ4v) is 2.57. The zero-order valence-electron chi connectivity index (χ0n) is 9.83. The minimum atomic E-state index is -0.238. The average Bonchev–Trinajstić information content (AvgIpc) is 2.29. The number of carbonyl (C=O) groups is 1. The van der Waals surface area contributed by atoms with Crippen LogP contribution < -0.4 is 0 Å². The summed E-state index contributed by atoms with van der Waals surface area (Å²) in [5.74, 6) is -0.238. The molecule has 90 valence electrons. The molecule has 0 saturated heterocycles. The van der Waals surface area contributed by atoms with Crippen LogP contribution in [0.1, 0.15) is 30.9 Å². The second kappa shape index (κ2) is 5.50. The van der Waals surface area contributed by atoms with E-state index in [2.05, 4.69) is 28.1 Å². The number of rotatable bonds is 2. The van der Waals surface area contributed by atoms with Crippen molar-refractivity contribution in [3.05, 3.63) is 39.9 Å². The predicted molar refractivity (Wildman–Crippen MR) is 71.7 cm³/mol. The third-order valence-electron chi connectivity index (χ3n) is 2.88. The van der Waals surface area contributed by atoms with Crippen molar-refractivity contribution in [2.75, 3.05) is 6.61 Å². The first kappa shape index (κ1) is 12.4. The molecule has 2 rings (SSSR count). The minimum Gasteiger partial charge on any atom is -0.463 e. The predicted octanol–water partition coefficient (Wildman–Crippen LogP) is 3.73. The Bertz CT molecular complexity index is 463. The van der Waals surface area contributed by atoms with E-state index in [1.165, 1.54) is 11.1 Å². The largest absolute Gasteiger partial charge is 0.463 e. The fourth-order valence-electron chi connectivity index (χ4n) is 2.16. The molecule has 0 heterocycles. The number of halogens is 1. The molecular weight excluding hydrogens is 280 g/mol. The van der Waals surface area contributed by atoms with Crippen LogP contribution >= 0.6 is 15.9 Å². The highest BCUT2D eigenvalue weighted by Crippen LogP contribution is 2.32. The van der Waals surface area contributed by atoms with Crippen LogP contribution in [0.5, 0.6) is 0 Å². The van der Waals surface area contributed by atoms with E-state index in [1.54, 1.807) is 6.08 Å². The second-order valence-corrected chi connectivity index (χ2v) is 4.99. The molecule has 0 aromatic heterocycles. The lowest BCUT2D eigenvalue weighted by Gasteiger charge is -2.19. The number of esters is 1. The molecule has 0 saturated carbocycles. The number of carbonyl (C=O) groups excluding carboxylic acids is 1. The molecule has 0 radical (unpaired) electrons. The third-order valence-corrected chi connectivity index (χ3v) is 3.38. The normalized spacial score (nSPS) is 16.7. The first-order valence-electron chi connectivity index (χ1n) is 5.87. The number of ether oxygens (including phenoxy) is 1. The maximum atomic E-state index is 11.5. The zero-order chi connectivity index (χ0) is 12.3. The molecule has 0 atom stereocenters. The van der Waals surface area contributed by atoms with Crippen molar-refractivity contribution in [1.82, 2.24) is 0 Å². The minimum absolute atomic E-state index is 0.238. The van der Waals surface area contributed by atoms with Crippen LogP contribution in [0, 0.1) is 0 Å². The molecular formula is C14H15BrO2. The lowest BCUT2D eigenvalue weighted by atomic mass is 9.87. The number of hydrogen-bond acceptors (Lipinski definition) is 2. The monoisotopic (exact) mass is 294 g/mol. The fraction of sp³-hybridized carbons (Fsp3) is 0.357. The van der Waals surface area contributed by atoms with Gasteiger partial charge in [-0.3, -0.25) is 0 Å². The van der Waals surface area contributed by atoms with Crippen molar-refractivity contribution < 1.29 is 9.53 Å². The Labute approximate surface area is 110 Å². The van der Waals surface area contributed by atoms with Crippen LogP contribution in [0.2, 0.25) is 0 Å². The molecule has 3 heteroatoms. The van der Waals surface area contributed by atoms with Gasteiger partial charge in [0, 0.05) is 10.5 Å². The van der Waals surface area contributed by atoms with Crippen molar-refractivity contribution in [1.29, 1.82) is 0 Å². The molecule has 0 unspecified atom stereocenters. The molecule has 1 aromatic carbocycles. The van der Waals surface area contributed by atoms with Gasteiger partial charge in [-0.05, 0) is 55.0 Å². The van der Waals surface area contributed by atoms with Crippen molar-refractivity contribution in [2.45, 2.75) is 26.2 Å². The van der Waals surface area contributed by atoms with Crippen LogP contribution in [0.25, 0.3) is 5.57 Å². The zero-order valence-corrected chi connectivity index (χ0v) is 11.4.